The summed E-state index contributed by atoms with van der Waals surface area (Å²) in [5.74, 6) is 0. The number of rotatable bonds is 4. The van der Waals surface area contributed by atoms with Crippen molar-refractivity contribution in [3.8, 4) is 11.4 Å². The van der Waals surface area contributed by atoms with Crippen LogP contribution < -0.4 is 4.90 Å². The van der Waals surface area contributed by atoms with Crippen LogP contribution in [0, 0.1) is 0 Å². The van der Waals surface area contributed by atoms with Gasteiger partial charge in [-0.15, -0.1) is 0 Å². The van der Waals surface area contributed by atoms with Crippen LogP contribution in [0.3, 0.4) is 0 Å². The molecule has 0 amide bonds. The molecule has 2 heterocycles. The van der Waals surface area contributed by atoms with Gasteiger partial charge >= 0.3 is 0 Å². The molecule has 4 aromatic rings. The number of aromatic nitrogens is 4. The normalized spacial score (nSPS) is 11.5. The SMILES string of the molecule is CC(C)(C)N(c1cccc(-n2cccn2)c1)c1cccc(-n2cccn2)c1. The molecule has 2 aromatic heterocycles. The Bertz CT molecular complexity index is 933. The first-order valence-corrected chi connectivity index (χ1v) is 9.03. The van der Waals surface area contributed by atoms with Gasteiger partial charge in [0.05, 0.1) is 11.4 Å². The van der Waals surface area contributed by atoms with E-state index in [0.29, 0.717) is 0 Å². The largest absolute Gasteiger partial charge is 0.336 e. The Morgan fingerprint density at radius 2 is 1.19 bits per heavy atom. The van der Waals surface area contributed by atoms with Crippen LogP contribution in [0.1, 0.15) is 20.8 Å². The average molecular weight is 357 g/mol. The maximum Gasteiger partial charge on any atom is 0.0666 e. The minimum absolute atomic E-state index is 0.106. The third-order valence-corrected chi connectivity index (χ3v) is 4.38. The molecule has 0 unspecified atom stereocenters. The number of nitrogens with zero attached hydrogens (tertiary/aromatic N) is 5. The van der Waals surface area contributed by atoms with Gasteiger partial charge in [0, 0.05) is 41.7 Å². The zero-order valence-corrected chi connectivity index (χ0v) is 15.8. The van der Waals surface area contributed by atoms with E-state index < -0.39 is 0 Å². The molecule has 27 heavy (non-hydrogen) atoms. The zero-order valence-electron chi connectivity index (χ0n) is 15.8. The van der Waals surface area contributed by atoms with E-state index in [1.54, 1.807) is 12.4 Å². The molecule has 0 aliphatic heterocycles. The lowest BCUT2D eigenvalue weighted by atomic mass is 10.0. The van der Waals surface area contributed by atoms with Crippen molar-refractivity contribution in [3.05, 3.63) is 85.5 Å². The number of anilines is 2. The Labute approximate surface area is 159 Å². The molecule has 0 saturated heterocycles. The highest BCUT2D eigenvalue weighted by Crippen LogP contribution is 2.35. The summed E-state index contributed by atoms with van der Waals surface area (Å²) in [6.45, 7) is 6.65. The molecule has 0 N–H and O–H groups in total. The molecule has 0 bridgehead atoms. The molecular formula is C22H23N5. The Balaban J connectivity index is 1.80. The second-order valence-corrected chi connectivity index (χ2v) is 7.45. The van der Waals surface area contributed by atoms with Crippen molar-refractivity contribution >= 4 is 11.4 Å². The summed E-state index contributed by atoms with van der Waals surface area (Å²) < 4.78 is 3.76. The van der Waals surface area contributed by atoms with E-state index in [9.17, 15) is 0 Å². The van der Waals surface area contributed by atoms with E-state index in [2.05, 4.69) is 84.4 Å². The topological polar surface area (TPSA) is 38.9 Å². The van der Waals surface area contributed by atoms with Gasteiger partial charge < -0.3 is 4.90 Å². The van der Waals surface area contributed by atoms with Crippen LogP contribution in [0.15, 0.2) is 85.5 Å². The van der Waals surface area contributed by atoms with Gasteiger partial charge in [-0.25, -0.2) is 9.36 Å². The lowest BCUT2D eigenvalue weighted by Crippen LogP contribution is -2.37. The Morgan fingerprint density at radius 3 is 1.56 bits per heavy atom. The first kappa shape index (κ1) is 17.1. The van der Waals surface area contributed by atoms with Crippen LogP contribution >= 0.6 is 0 Å². The quantitative estimate of drug-likeness (QED) is 0.516. The van der Waals surface area contributed by atoms with Crippen molar-refractivity contribution in [2.24, 2.45) is 0 Å². The van der Waals surface area contributed by atoms with Gasteiger partial charge in [0.15, 0.2) is 0 Å². The highest BCUT2D eigenvalue weighted by atomic mass is 15.3. The molecule has 0 atom stereocenters. The van der Waals surface area contributed by atoms with Gasteiger partial charge in [0.25, 0.3) is 0 Å². The lowest BCUT2D eigenvalue weighted by molar-refractivity contribution is 0.560. The minimum Gasteiger partial charge on any atom is -0.336 e. The van der Waals surface area contributed by atoms with Crippen molar-refractivity contribution < 1.29 is 0 Å². The molecule has 0 radical (unpaired) electrons. The van der Waals surface area contributed by atoms with Gasteiger partial charge in [-0.2, -0.15) is 10.2 Å². The molecule has 5 nitrogen and oxygen atoms in total. The molecule has 0 saturated carbocycles. The first-order chi connectivity index (χ1) is 13.0. The van der Waals surface area contributed by atoms with E-state index in [1.807, 2.05) is 33.9 Å². The molecule has 0 aliphatic rings. The summed E-state index contributed by atoms with van der Waals surface area (Å²) in [6, 6.07) is 20.7. The first-order valence-electron chi connectivity index (χ1n) is 9.03. The lowest BCUT2D eigenvalue weighted by Gasteiger charge is -2.38. The van der Waals surface area contributed by atoms with Gasteiger partial charge in [0.2, 0.25) is 0 Å². The smallest absolute Gasteiger partial charge is 0.0666 e. The van der Waals surface area contributed by atoms with Crippen LogP contribution in [0.4, 0.5) is 11.4 Å². The molecule has 136 valence electrons. The van der Waals surface area contributed by atoms with Crippen LogP contribution in [-0.4, -0.2) is 25.1 Å². The fourth-order valence-electron chi connectivity index (χ4n) is 3.32. The summed E-state index contributed by atoms with van der Waals surface area (Å²) in [5, 5.41) is 8.71. The predicted octanol–water partition coefficient (Wildman–Crippen LogP) is 4.99. The van der Waals surface area contributed by atoms with Crippen LogP contribution in [0.25, 0.3) is 11.4 Å². The Morgan fingerprint density at radius 1 is 0.704 bits per heavy atom. The highest BCUT2D eigenvalue weighted by molar-refractivity contribution is 5.69. The van der Waals surface area contributed by atoms with Crippen molar-refractivity contribution in [1.29, 1.82) is 0 Å². The van der Waals surface area contributed by atoms with Crippen molar-refractivity contribution in [2.45, 2.75) is 26.3 Å². The molecule has 2 aromatic carbocycles. The number of hydrogen-bond acceptors (Lipinski definition) is 3. The Hall–Kier alpha value is -3.34. The predicted molar refractivity (Wildman–Crippen MR) is 109 cm³/mol. The monoisotopic (exact) mass is 357 g/mol. The maximum absolute atomic E-state index is 4.36. The van der Waals surface area contributed by atoms with Gasteiger partial charge in [-0.3, -0.25) is 0 Å². The second kappa shape index (κ2) is 6.76. The van der Waals surface area contributed by atoms with E-state index in [0.717, 1.165) is 22.7 Å². The van der Waals surface area contributed by atoms with E-state index in [4.69, 9.17) is 0 Å². The average Bonchev–Trinajstić information content (AvgIpc) is 3.35. The number of benzene rings is 2. The summed E-state index contributed by atoms with van der Waals surface area (Å²) in [4.78, 5) is 2.34. The standard InChI is InChI=1S/C22H23N5/c1-22(2,3)27(20-10-4-8-18(16-20)25-14-6-12-23-25)21-11-5-9-19(17-21)26-15-7-13-24-26/h4-17H,1-3H3. The van der Waals surface area contributed by atoms with Gasteiger partial charge in [-0.05, 0) is 69.3 Å². The van der Waals surface area contributed by atoms with Crippen LogP contribution in [0.2, 0.25) is 0 Å². The van der Waals surface area contributed by atoms with Crippen molar-refractivity contribution in [3.63, 3.8) is 0 Å². The summed E-state index contributed by atoms with van der Waals surface area (Å²) in [6.07, 6.45) is 7.50. The van der Waals surface area contributed by atoms with Gasteiger partial charge in [0.1, 0.15) is 0 Å². The molecule has 4 rings (SSSR count). The maximum atomic E-state index is 4.36. The second-order valence-electron chi connectivity index (χ2n) is 7.45. The summed E-state index contributed by atoms with van der Waals surface area (Å²) in [5.41, 5.74) is 4.21. The summed E-state index contributed by atoms with van der Waals surface area (Å²) >= 11 is 0. The fraction of sp³-hybridized carbons (Fsp3) is 0.182. The summed E-state index contributed by atoms with van der Waals surface area (Å²) in [7, 11) is 0. The van der Waals surface area contributed by atoms with E-state index in [-0.39, 0.29) is 5.54 Å². The number of hydrogen-bond donors (Lipinski definition) is 0. The Kier molecular flexibility index (Phi) is 4.28. The highest BCUT2D eigenvalue weighted by Gasteiger charge is 2.24. The van der Waals surface area contributed by atoms with Crippen molar-refractivity contribution in [1.82, 2.24) is 19.6 Å². The van der Waals surface area contributed by atoms with E-state index >= 15 is 0 Å². The van der Waals surface area contributed by atoms with Crippen LogP contribution in [-0.2, 0) is 0 Å². The zero-order chi connectivity index (χ0) is 18.9. The van der Waals surface area contributed by atoms with Crippen LogP contribution in [0.5, 0.6) is 0 Å². The molecular weight excluding hydrogens is 334 g/mol. The molecule has 0 aliphatic carbocycles. The molecule has 0 spiro atoms. The molecule has 0 fully saturated rings. The minimum atomic E-state index is -0.106. The third kappa shape index (κ3) is 3.49. The molecule has 5 heteroatoms. The fourth-order valence-corrected chi connectivity index (χ4v) is 3.32. The third-order valence-electron chi connectivity index (χ3n) is 4.38. The van der Waals surface area contributed by atoms with Crippen molar-refractivity contribution in [2.75, 3.05) is 4.90 Å². The van der Waals surface area contributed by atoms with E-state index in [1.165, 1.54) is 0 Å². The van der Waals surface area contributed by atoms with Gasteiger partial charge in [-0.1, -0.05) is 12.1 Å².